The maximum atomic E-state index is 13.1. The molecule has 3 aromatic heterocycles. The minimum absolute atomic E-state index is 0.0803. The molecule has 0 spiro atoms. The van der Waals surface area contributed by atoms with Crippen LogP contribution in [0.1, 0.15) is 18.0 Å². The van der Waals surface area contributed by atoms with Crippen molar-refractivity contribution in [2.45, 2.75) is 17.6 Å². The van der Waals surface area contributed by atoms with Crippen LogP contribution in [0.15, 0.2) is 89.4 Å². The number of carbonyl (C=O) groups excluding carboxylic acids is 1. The molecule has 0 N–H and O–H groups in total. The maximum Gasteiger partial charge on any atom is 0.253 e. The molecule has 9 heteroatoms. The molecule has 2 aromatic carbocycles. The Labute approximate surface area is 199 Å². The second-order valence-electron chi connectivity index (χ2n) is 7.81. The van der Waals surface area contributed by atoms with Crippen molar-refractivity contribution in [1.29, 1.82) is 0 Å². The summed E-state index contributed by atoms with van der Waals surface area (Å²) in [5.41, 5.74) is 3.39. The van der Waals surface area contributed by atoms with Gasteiger partial charge in [0.1, 0.15) is 0 Å². The monoisotopic (exact) mass is 465 g/mol. The summed E-state index contributed by atoms with van der Waals surface area (Å²) in [5, 5.41) is 12.1. The second kappa shape index (κ2) is 8.68. The van der Waals surface area contributed by atoms with Gasteiger partial charge in [0.25, 0.3) is 5.91 Å². The first-order chi connectivity index (χ1) is 16.8. The summed E-state index contributed by atoms with van der Waals surface area (Å²) in [6, 6.07) is 21.5. The standard InChI is InChI=1S/C25H19N7OS/c33-22(31-21(12-14-27-31)17-7-2-1-3-8-17)16-34-25-28-20-11-5-4-10-19(20)24-29-23(30-32(24)25)18-9-6-13-26-15-18/h1-11,13-15,21H,12,16H2. The lowest BCUT2D eigenvalue weighted by Gasteiger charge is -2.22. The Bertz CT molecular complexity index is 1520. The van der Waals surface area contributed by atoms with Gasteiger partial charge in [0.2, 0.25) is 0 Å². The number of benzene rings is 2. The van der Waals surface area contributed by atoms with E-state index in [-0.39, 0.29) is 17.7 Å². The second-order valence-corrected chi connectivity index (χ2v) is 8.75. The molecular weight excluding hydrogens is 446 g/mol. The van der Waals surface area contributed by atoms with Gasteiger partial charge < -0.3 is 0 Å². The number of hydrogen-bond donors (Lipinski definition) is 0. The number of thioether (sulfide) groups is 1. The van der Waals surface area contributed by atoms with Gasteiger partial charge in [-0.25, -0.2) is 15.0 Å². The van der Waals surface area contributed by atoms with Crippen LogP contribution in [0.4, 0.5) is 0 Å². The first kappa shape index (κ1) is 20.5. The number of hydrazone groups is 1. The SMILES string of the molecule is O=C(CSc1nc2ccccc2c2nc(-c3cccnc3)nn12)N1N=CCC1c1ccccc1. The molecule has 166 valence electrons. The van der Waals surface area contributed by atoms with Crippen LogP contribution in [-0.4, -0.2) is 47.4 Å². The molecule has 5 aromatic rings. The third kappa shape index (κ3) is 3.69. The lowest BCUT2D eigenvalue weighted by Crippen LogP contribution is -2.28. The fourth-order valence-corrected chi connectivity index (χ4v) is 4.84. The number of rotatable bonds is 5. The summed E-state index contributed by atoms with van der Waals surface area (Å²) in [6.07, 6.45) is 5.95. The molecule has 1 amide bonds. The summed E-state index contributed by atoms with van der Waals surface area (Å²) < 4.78 is 1.71. The van der Waals surface area contributed by atoms with Gasteiger partial charge in [0.15, 0.2) is 16.6 Å². The lowest BCUT2D eigenvalue weighted by molar-refractivity contribution is -0.130. The molecule has 0 saturated heterocycles. The molecule has 34 heavy (non-hydrogen) atoms. The van der Waals surface area contributed by atoms with Crippen LogP contribution >= 0.6 is 11.8 Å². The van der Waals surface area contributed by atoms with Gasteiger partial charge in [0.05, 0.1) is 17.3 Å². The van der Waals surface area contributed by atoms with Crippen molar-refractivity contribution >= 4 is 40.4 Å². The van der Waals surface area contributed by atoms with Gasteiger partial charge in [-0.15, -0.1) is 5.10 Å². The van der Waals surface area contributed by atoms with Crippen LogP contribution in [0.25, 0.3) is 27.9 Å². The highest BCUT2D eigenvalue weighted by atomic mass is 32.2. The van der Waals surface area contributed by atoms with Crippen LogP contribution in [0.3, 0.4) is 0 Å². The van der Waals surface area contributed by atoms with Crippen molar-refractivity contribution in [3.63, 3.8) is 0 Å². The highest BCUT2D eigenvalue weighted by molar-refractivity contribution is 7.99. The zero-order chi connectivity index (χ0) is 22.9. The molecule has 0 aliphatic carbocycles. The van der Waals surface area contributed by atoms with Crippen LogP contribution in [0, 0.1) is 0 Å². The van der Waals surface area contributed by atoms with Gasteiger partial charge in [0, 0.05) is 36.0 Å². The summed E-state index contributed by atoms with van der Waals surface area (Å²) in [6.45, 7) is 0. The van der Waals surface area contributed by atoms with E-state index in [0.717, 1.165) is 22.0 Å². The Morgan fingerprint density at radius 1 is 1.00 bits per heavy atom. The number of aromatic nitrogens is 5. The number of hydrogen-bond acceptors (Lipinski definition) is 7. The predicted molar refractivity (Wildman–Crippen MR) is 131 cm³/mol. The lowest BCUT2D eigenvalue weighted by atomic mass is 10.0. The van der Waals surface area contributed by atoms with Crippen molar-refractivity contribution in [3.8, 4) is 11.4 Å². The molecule has 6 rings (SSSR count). The summed E-state index contributed by atoms with van der Waals surface area (Å²) in [5.74, 6) is 0.666. The Hall–Kier alpha value is -4.11. The van der Waals surface area contributed by atoms with Crippen molar-refractivity contribution in [1.82, 2.24) is 29.6 Å². The molecule has 0 bridgehead atoms. The highest BCUT2D eigenvalue weighted by Gasteiger charge is 2.28. The maximum absolute atomic E-state index is 13.1. The van der Waals surface area contributed by atoms with E-state index < -0.39 is 0 Å². The smallest absolute Gasteiger partial charge is 0.253 e. The largest absolute Gasteiger partial charge is 0.272 e. The minimum Gasteiger partial charge on any atom is -0.272 e. The zero-order valence-corrected chi connectivity index (χ0v) is 18.8. The van der Waals surface area contributed by atoms with Crippen molar-refractivity contribution in [3.05, 3.63) is 84.7 Å². The molecule has 4 heterocycles. The summed E-state index contributed by atoms with van der Waals surface area (Å²) >= 11 is 1.33. The molecule has 8 nitrogen and oxygen atoms in total. The molecule has 0 saturated carbocycles. The third-order valence-electron chi connectivity index (χ3n) is 5.66. The van der Waals surface area contributed by atoms with E-state index in [1.54, 1.807) is 28.1 Å². The molecular formula is C25H19N7OS. The number of fused-ring (bicyclic) bond motifs is 3. The van der Waals surface area contributed by atoms with E-state index in [0.29, 0.717) is 23.0 Å². The van der Waals surface area contributed by atoms with E-state index in [1.807, 2.05) is 66.7 Å². The Morgan fingerprint density at radius 2 is 1.85 bits per heavy atom. The first-order valence-electron chi connectivity index (χ1n) is 10.9. The predicted octanol–water partition coefficient (Wildman–Crippen LogP) is 4.39. The van der Waals surface area contributed by atoms with E-state index in [9.17, 15) is 4.79 Å². The summed E-state index contributed by atoms with van der Waals surface area (Å²) in [7, 11) is 0. The molecule has 1 atom stereocenters. The third-order valence-corrected chi connectivity index (χ3v) is 6.58. The topological polar surface area (TPSA) is 88.6 Å². The average molecular weight is 466 g/mol. The molecule has 1 unspecified atom stereocenters. The van der Waals surface area contributed by atoms with Gasteiger partial charge in [-0.3, -0.25) is 9.78 Å². The van der Waals surface area contributed by atoms with Crippen molar-refractivity contribution in [2.24, 2.45) is 5.10 Å². The van der Waals surface area contributed by atoms with E-state index in [4.69, 9.17) is 15.1 Å². The molecule has 1 aliphatic heterocycles. The number of amides is 1. The molecule has 0 fully saturated rings. The Morgan fingerprint density at radius 3 is 2.71 bits per heavy atom. The number of nitrogens with zero attached hydrogens (tertiary/aromatic N) is 7. The van der Waals surface area contributed by atoms with Crippen molar-refractivity contribution < 1.29 is 4.79 Å². The number of carbonyl (C=O) groups is 1. The van der Waals surface area contributed by atoms with Crippen LogP contribution < -0.4 is 0 Å². The van der Waals surface area contributed by atoms with Gasteiger partial charge >= 0.3 is 0 Å². The number of pyridine rings is 1. The molecule has 0 radical (unpaired) electrons. The summed E-state index contributed by atoms with van der Waals surface area (Å²) in [4.78, 5) is 26.9. The van der Waals surface area contributed by atoms with Crippen LogP contribution in [-0.2, 0) is 4.79 Å². The fraction of sp³-hybridized carbons (Fsp3) is 0.120. The van der Waals surface area contributed by atoms with Gasteiger partial charge in [-0.1, -0.05) is 54.2 Å². The fourth-order valence-electron chi connectivity index (χ4n) is 4.04. The van der Waals surface area contributed by atoms with Gasteiger partial charge in [-0.2, -0.15) is 9.62 Å². The van der Waals surface area contributed by atoms with Crippen LogP contribution in [0.2, 0.25) is 0 Å². The van der Waals surface area contributed by atoms with Crippen molar-refractivity contribution in [2.75, 3.05) is 5.75 Å². The number of para-hydroxylation sites is 1. The van der Waals surface area contributed by atoms with Gasteiger partial charge in [-0.05, 0) is 29.8 Å². The Kier molecular flexibility index (Phi) is 5.23. The van der Waals surface area contributed by atoms with E-state index in [2.05, 4.69) is 10.1 Å². The van der Waals surface area contributed by atoms with E-state index in [1.165, 1.54) is 11.8 Å². The van der Waals surface area contributed by atoms with E-state index >= 15 is 0 Å². The molecule has 1 aliphatic rings. The Balaban J connectivity index is 1.32. The highest BCUT2D eigenvalue weighted by Crippen LogP contribution is 2.30. The average Bonchev–Trinajstić information content (AvgIpc) is 3.57. The first-order valence-corrected chi connectivity index (χ1v) is 11.8. The zero-order valence-electron chi connectivity index (χ0n) is 18.0. The quantitative estimate of drug-likeness (QED) is 0.283. The minimum atomic E-state index is -0.0811. The normalized spacial score (nSPS) is 15.4. The van der Waals surface area contributed by atoms with Crippen LogP contribution in [0.5, 0.6) is 0 Å².